The molecular formula is C15H17NO5S. The van der Waals surface area contributed by atoms with Crippen LogP contribution < -0.4 is 5.32 Å². The SMILES string of the molecule is CCOC(=O)C(C=O)(c1ccccc1)C1NC(C(=O)O)CS1. The van der Waals surface area contributed by atoms with Crippen molar-refractivity contribution in [2.75, 3.05) is 12.4 Å². The van der Waals surface area contributed by atoms with Crippen LogP contribution in [0.4, 0.5) is 0 Å². The average Bonchev–Trinajstić information content (AvgIpc) is 3.00. The third-order valence-electron chi connectivity index (χ3n) is 3.54. The zero-order valence-electron chi connectivity index (χ0n) is 12.0. The van der Waals surface area contributed by atoms with Crippen LogP contribution >= 0.6 is 11.8 Å². The van der Waals surface area contributed by atoms with E-state index in [1.165, 1.54) is 11.8 Å². The lowest BCUT2D eigenvalue weighted by molar-refractivity contribution is -0.152. The fourth-order valence-corrected chi connectivity index (χ4v) is 3.83. The number of ether oxygens (including phenoxy) is 1. The highest BCUT2D eigenvalue weighted by molar-refractivity contribution is 8.00. The van der Waals surface area contributed by atoms with Crippen LogP contribution in [0.2, 0.25) is 0 Å². The van der Waals surface area contributed by atoms with E-state index < -0.39 is 28.8 Å². The van der Waals surface area contributed by atoms with Gasteiger partial charge in [0.05, 0.1) is 12.0 Å². The van der Waals surface area contributed by atoms with Crippen molar-refractivity contribution in [2.45, 2.75) is 23.8 Å². The van der Waals surface area contributed by atoms with Gasteiger partial charge in [-0.1, -0.05) is 30.3 Å². The van der Waals surface area contributed by atoms with Gasteiger partial charge in [0.2, 0.25) is 0 Å². The van der Waals surface area contributed by atoms with Gasteiger partial charge in [0.15, 0.2) is 5.41 Å². The van der Waals surface area contributed by atoms with Crippen molar-refractivity contribution in [1.29, 1.82) is 0 Å². The summed E-state index contributed by atoms with van der Waals surface area (Å²) in [5, 5.41) is 11.3. The van der Waals surface area contributed by atoms with E-state index in [4.69, 9.17) is 9.84 Å². The molecule has 7 heteroatoms. The van der Waals surface area contributed by atoms with Crippen LogP contribution in [0.5, 0.6) is 0 Å². The van der Waals surface area contributed by atoms with Gasteiger partial charge in [0.25, 0.3) is 0 Å². The molecule has 1 aliphatic rings. The number of aliphatic carboxylic acids is 1. The lowest BCUT2D eigenvalue weighted by atomic mass is 9.81. The summed E-state index contributed by atoms with van der Waals surface area (Å²) in [6, 6.07) is 7.76. The molecule has 3 unspecified atom stereocenters. The maximum absolute atomic E-state index is 12.5. The molecule has 2 N–H and O–H groups in total. The van der Waals surface area contributed by atoms with Crippen molar-refractivity contribution in [2.24, 2.45) is 0 Å². The van der Waals surface area contributed by atoms with Gasteiger partial charge < -0.3 is 14.6 Å². The van der Waals surface area contributed by atoms with Gasteiger partial charge in [0, 0.05) is 5.75 Å². The van der Waals surface area contributed by atoms with Gasteiger partial charge in [-0.15, -0.1) is 11.8 Å². The summed E-state index contributed by atoms with van der Waals surface area (Å²) in [6.07, 6.45) is 0.551. The number of nitrogens with one attached hydrogen (secondary N) is 1. The van der Waals surface area contributed by atoms with Gasteiger partial charge in [0.1, 0.15) is 12.3 Å². The highest BCUT2D eigenvalue weighted by atomic mass is 32.2. The molecule has 118 valence electrons. The van der Waals surface area contributed by atoms with E-state index in [0.29, 0.717) is 11.8 Å². The van der Waals surface area contributed by atoms with Crippen molar-refractivity contribution < 1.29 is 24.2 Å². The third kappa shape index (κ3) is 2.86. The Morgan fingerprint density at radius 2 is 2.14 bits per heavy atom. The molecule has 22 heavy (non-hydrogen) atoms. The Kier molecular flexibility index (Phi) is 5.20. The Morgan fingerprint density at radius 3 is 2.64 bits per heavy atom. The van der Waals surface area contributed by atoms with Gasteiger partial charge in [-0.25, -0.2) is 0 Å². The molecule has 0 saturated carbocycles. The number of benzene rings is 1. The first-order valence-corrected chi connectivity index (χ1v) is 7.90. The van der Waals surface area contributed by atoms with Gasteiger partial charge in [-0.05, 0) is 12.5 Å². The van der Waals surface area contributed by atoms with Crippen LogP contribution in [0, 0.1) is 0 Å². The summed E-state index contributed by atoms with van der Waals surface area (Å²) >= 11 is 1.24. The second-order valence-electron chi connectivity index (χ2n) is 4.84. The molecule has 1 aliphatic heterocycles. The molecule has 3 atom stereocenters. The van der Waals surface area contributed by atoms with E-state index in [2.05, 4.69) is 5.32 Å². The number of hydrogen-bond donors (Lipinski definition) is 2. The average molecular weight is 323 g/mol. The van der Waals surface area contributed by atoms with Crippen LogP contribution in [0.3, 0.4) is 0 Å². The first-order chi connectivity index (χ1) is 10.6. The van der Waals surface area contributed by atoms with Crippen LogP contribution in [-0.2, 0) is 24.5 Å². The first-order valence-electron chi connectivity index (χ1n) is 6.85. The standard InChI is InChI=1S/C15H17NO5S/c1-2-21-14(20)15(9-17,10-6-4-3-5-7-10)13-16-11(8-22-13)12(18)19/h3-7,9,11,13,16H,2,8H2,1H3,(H,18,19). The number of carboxylic acids is 1. The molecule has 0 amide bonds. The maximum Gasteiger partial charge on any atom is 0.326 e. The number of thioether (sulfide) groups is 1. The second-order valence-corrected chi connectivity index (χ2v) is 5.98. The molecule has 0 bridgehead atoms. The summed E-state index contributed by atoms with van der Waals surface area (Å²) in [5.41, 5.74) is -1.08. The fourth-order valence-electron chi connectivity index (χ4n) is 2.40. The zero-order chi connectivity index (χ0) is 16.2. The molecule has 1 fully saturated rings. The molecule has 6 nitrogen and oxygen atoms in total. The summed E-state index contributed by atoms with van der Waals surface area (Å²) in [5.74, 6) is -1.40. The number of rotatable bonds is 6. The Hall–Kier alpha value is -1.86. The molecule has 0 radical (unpaired) electrons. The summed E-state index contributed by atoms with van der Waals surface area (Å²) < 4.78 is 5.09. The Balaban J connectivity index is 2.44. The van der Waals surface area contributed by atoms with E-state index in [9.17, 15) is 14.4 Å². The van der Waals surface area contributed by atoms with Crippen molar-refractivity contribution in [3.63, 3.8) is 0 Å². The topological polar surface area (TPSA) is 92.7 Å². The Labute approximate surface area is 132 Å². The molecule has 0 aliphatic carbocycles. The summed E-state index contributed by atoms with van der Waals surface area (Å²) in [6.45, 7) is 1.80. The predicted molar refractivity (Wildman–Crippen MR) is 81.6 cm³/mol. The van der Waals surface area contributed by atoms with Crippen molar-refractivity contribution in [1.82, 2.24) is 5.32 Å². The molecule has 0 aromatic heterocycles. The lowest BCUT2D eigenvalue weighted by Gasteiger charge is -2.31. The van der Waals surface area contributed by atoms with Crippen LogP contribution in [-0.4, -0.2) is 47.1 Å². The number of esters is 1. The smallest absolute Gasteiger partial charge is 0.326 e. The fraction of sp³-hybridized carbons (Fsp3) is 0.400. The predicted octanol–water partition coefficient (Wildman–Crippen LogP) is 0.802. The molecule has 0 spiro atoms. The normalized spacial score (nSPS) is 23.5. The summed E-state index contributed by atoms with van der Waals surface area (Å²) in [7, 11) is 0. The number of hydrogen-bond acceptors (Lipinski definition) is 6. The van der Waals surface area contributed by atoms with E-state index in [1.807, 2.05) is 0 Å². The van der Waals surface area contributed by atoms with Crippen molar-refractivity contribution >= 4 is 30.0 Å². The minimum Gasteiger partial charge on any atom is -0.480 e. The number of carboxylic acid groups (broad SMARTS) is 1. The molecule has 1 saturated heterocycles. The highest BCUT2D eigenvalue weighted by Crippen LogP contribution is 2.37. The number of carbonyl (C=O) groups excluding carboxylic acids is 2. The maximum atomic E-state index is 12.5. The quantitative estimate of drug-likeness (QED) is 0.454. The lowest BCUT2D eigenvalue weighted by Crippen LogP contribution is -2.54. The van der Waals surface area contributed by atoms with E-state index >= 15 is 0 Å². The van der Waals surface area contributed by atoms with Gasteiger partial charge >= 0.3 is 11.9 Å². The first kappa shape index (κ1) is 16.5. The molecule has 2 rings (SSSR count). The molecule has 1 aromatic carbocycles. The Bertz CT molecular complexity index is 564. The van der Waals surface area contributed by atoms with Crippen LogP contribution in [0.15, 0.2) is 30.3 Å². The largest absolute Gasteiger partial charge is 0.480 e. The van der Waals surface area contributed by atoms with Crippen LogP contribution in [0.1, 0.15) is 12.5 Å². The Morgan fingerprint density at radius 1 is 1.45 bits per heavy atom. The van der Waals surface area contributed by atoms with E-state index in [0.717, 1.165) is 0 Å². The highest BCUT2D eigenvalue weighted by Gasteiger charge is 2.52. The van der Waals surface area contributed by atoms with E-state index in [1.54, 1.807) is 37.3 Å². The molecular weight excluding hydrogens is 306 g/mol. The van der Waals surface area contributed by atoms with Crippen molar-refractivity contribution in [3.8, 4) is 0 Å². The molecule has 1 heterocycles. The van der Waals surface area contributed by atoms with Gasteiger partial charge in [-0.2, -0.15) is 0 Å². The van der Waals surface area contributed by atoms with Gasteiger partial charge in [-0.3, -0.25) is 14.9 Å². The number of aldehydes is 1. The van der Waals surface area contributed by atoms with E-state index in [-0.39, 0.29) is 12.4 Å². The van der Waals surface area contributed by atoms with Crippen molar-refractivity contribution in [3.05, 3.63) is 35.9 Å². The zero-order valence-corrected chi connectivity index (χ0v) is 12.8. The minimum atomic E-state index is -1.56. The minimum absolute atomic E-state index is 0.140. The summed E-state index contributed by atoms with van der Waals surface area (Å²) in [4.78, 5) is 35.5. The monoisotopic (exact) mass is 323 g/mol. The van der Waals surface area contributed by atoms with Crippen LogP contribution in [0.25, 0.3) is 0 Å². The third-order valence-corrected chi connectivity index (χ3v) is 4.91. The number of carbonyl (C=O) groups is 3. The second kappa shape index (κ2) is 6.93. The molecule has 1 aromatic rings.